The molecule has 1 amide bonds. The van der Waals surface area contributed by atoms with Crippen molar-refractivity contribution in [2.45, 2.75) is 6.61 Å². The maximum Gasteiger partial charge on any atom is 0.353 e. The van der Waals surface area contributed by atoms with Crippen molar-refractivity contribution in [3.63, 3.8) is 0 Å². The van der Waals surface area contributed by atoms with Gasteiger partial charge in [0.2, 0.25) is 0 Å². The van der Waals surface area contributed by atoms with Crippen LogP contribution in [0, 0.1) is 0 Å². The second kappa shape index (κ2) is 6.35. The van der Waals surface area contributed by atoms with Crippen LogP contribution in [0.4, 0.5) is 5.69 Å². The number of halogens is 1. The van der Waals surface area contributed by atoms with E-state index in [0.29, 0.717) is 16.3 Å². The number of nitrogens with one attached hydrogen (secondary N) is 1. The number of fused-ring (bicyclic) bond motifs is 1. The molecule has 0 atom stereocenters. The van der Waals surface area contributed by atoms with E-state index in [-0.39, 0.29) is 17.6 Å². The lowest BCUT2D eigenvalue weighted by Gasteiger charge is -2.10. The first-order valence-electron chi connectivity index (χ1n) is 6.96. The van der Waals surface area contributed by atoms with Crippen LogP contribution < -0.4 is 10.9 Å². The van der Waals surface area contributed by atoms with Crippen molar-refractivity contribution in [3.05, 3.63) is 69.0 Å². The van der Waals surface area contributed by atoms with Gasteiger partial charge in [-0.2, -0.15) is 0 Å². The van der Waals surface area contributed by atoms with E-state index in [0.717, 1.165) is 0 Å². The number of carbonyl (C=O) groups excluding carboxylic acids is 1. The number of carbonyl (C=O) groups is 1. The number of aromatic hydroxyl groups is 1. The molecule has 0 saturated carbocycles. The van der Waals surface area contributed by atoms with Crippen molar-refractivity contribution in [1.29, 1.82) is 0 Å². The Morgan fingerprint density at radius 1 is 1.21 bits per heavy atom. The van der Waals surface area contributed by atoms with Crippen molar-refractivity contribution in [1.82, 2.24) is 0 Å². The number of aliphatic hydroxyl groups is 1. The van der Waals surface area contributed by atoms with Gasteiger partial charge in [0.15, 0.2) is 5.56 Å². The van der Waals surface area contributed by atoms with Crippen LogP contribution >= 0.6 is 11.6 Å². The van der Waals surface area contributed by atoms with Gasteiger partial charge in [0.05, 0.1) is 12.0 Å². The topological polar surface area (TPSA) is 99.8 Å². The van der Waals surface area contributed by atoms with Crippen molar-refractivity contribution in [2.24, 2.45) is 0 Å². The van der Waals surface area contributed by atoms with Crippen LogP contribution in [0.1, 0.15) is 15.9 Å². The summed E-state index contributed by atoms with van der Waals surface area (Å²) in [4.78, 5) is 24.5. The van der Waals surface area contributed by atoms with Gasteiger partial charge in [0.25, 0.3) is 5.91 Å². The third-order valence-electron chi connectivity index (χ3n) is 3.51. The monoisotopic (exact) mass is 345 g/mol. The molecule has 0 unspecified atom stereocenters. The molecule has 0 spiro atoms. The van der Waals surface area contributed by atoms with Gasteiger partial charge < -0.3 is 19.9 Å². The first-order valence-corrected chi connectivity index (χ1v) is 7.34. The molecule has 0 saturated heterocycles. The molecule has 3 rings (SSSR count). The minimum absolute atomic E-state index is 0.0808. The van der Waals surface area contributed by atoms with Gasteiger partial charge in [-0.1, -0.05) is 29.8 Å². The first-order chi connectivity index (χ1) is 11.5. The lowest BCUT2D eigenvalue weighted by Crippen LogP contribution is -2.21. The molecular formula is C17H12ClNO5. The zero-order valence-corrected chi connectivity index (χ0v) is 13.0. The van der Waals surface area contributed by atoms with Crippen LogP contribution in [-0.2, 0) is 6.61 Å². The van der Waals surface area contributed by atoms with Gasteiger partial charge in [-0.05, 0) is 18.2 Å². The Morgan fingerprint density at radius 2 is 1.96 bits per heavy atom. The number of benzene rings is 2. The molecule has 7 heteroatoms. The van der Waals surface area contributed by atoms with Gasteiger partial charge in [-0.15, -0.1) is 0 Å². The molecule has 0 radical (unpaired) electrons. The summed E-state index contributed by atoms with van der Waals surface area (Å²) in [5.41, 5.74) is -0.613. The van der Waals surface area contributed by atoms with Crippen LogP contribution in [0.25, 0.3) is 11.0 Å². The number of hydrogen-bond donors (Lipinski definition) is 3. The smallest absolute Gasteiger partial charge is 0.353 e. The number of hydrogen-bond acceptors (Lipinski definition) is 5. The Labute approximate surface area is 140 Å². The minimum Gasteiger partial charge on any atom is -0.506 e. The van der Waals surface area contributed by atoms with Crippen LogP contribution in [0.3, 0.4) is 0 Å². The van der Waals surface area contributed by atoms with E-state index in [9.17, 15) is 19.8 Å². The minimum atomic E-state index is -0.985. The van der Waals surface area contributed by atoms with Gasteiger partial charge in [0, 0.05) is 22.3 Å². The highest BCUT2D eigenvalue weighted by atomic mass is 35.5. The second-order valence-electron chi connectivity index (χ2n) is 5.02. The Kier molecular flexibility index (Phi) is 4.24. The SMILES string of the molecule is O=C(Nc1ccccc1CO)c1c(O)c2ccc(Cl)cc2oc1=O. The summed E-state index contributed by atoms with van der Waals surface area (Å²) in [6.07, 6.45) is 0. The van der Waals surface area contributed by atoms with E-state index in [2.05, 4.69) is 5.32 Å². The predicted octanol–water partition coefficient (Wildman–Crippen LogP) is 2.90. The zero-order chi connectivity index (χ0) is 17.3. The molecule has 0 aliphatic rings. The quantitative estimate of drug-likeness (QED) is 0.634. The average Bonchev–Trinajstić information content (AvgIpc) is 2.54. The van der Waals surface area contributed by atoms with E-state index >= 15 is 0 Å². The van der Waals surface area contributed by atoms with E-state index in [1.165, 1.54) is 18.2 Å². The summed E-state index contributed by atoms with van der Waals surface area (Å²) in [5, 5.41) is 22.6. The Hall–Kier alpha value is -2.83. The highest BCUT2D eigenvalue weighted by molar-refractivity contribution is 6.31. The lowest BCUT2D eigenvalue weighted by atomic mass is 10.1. The van der Waals surface area contributed by atoms with Gasteiger partial charge >= 0.3 is 5.63 Å². The third kappa shape index (κ3) is 2.84. The number of para-hydroxylation sites is 1. The van der Waals surface area contributed by atoms with E-state index in [1.807, 2.05) is 0 Å². The average molecular weight is 346 g/mol. The summed E-state index contributed by atoms with van der Waals surface area (Å²) in [6.45, 7) is -0.284. The summed E-state index contributed by atoms with van der Waals surface area (Å²) in [5.74, 6) is -1.32. The molecule has 3 aromatic rings. The maximum atomic E-state index is 12.4. The van der Waals surface area contributed by atoms with Gasteiger partial charge in [-0.3, -0.25) is 4.79 Å². The largest absolute Gasteiger partial charge is 0.506 e. The predicted molar refractivity (Wildman–Crippen MR) is 89.5 cm³/mol. The number of rotatable bonds is 3. The fourth-order valence-corrected chi connectivity index (χ4v) is 2.49. The number of aliphatic hydroxyl groups excluding tert-OH is 1. The molecule has 0 bridgehead atoms. The molecule has 24 heavy (non-hydrogen) atoms. The van der Waals surface area contributed by atoms with Crippen LogP contribution in [0.5, 0.6) is 5.75 Å². The van der Waals surface area contributed by atoms with E-state index in [1.54, 1.807) is 24.3 Å². The maximum absolute atomic E-state index is 12.4. The summed E-state index contributed by atoms with van der Waals surface area (Å²) in [6, 6.07) is 10.9. The molecule has 2 aromatic carbocycles. The van der Waals surface area contributed by atoms with Crippen LogP contribution in [0.15, 0.2) is 51.7 Å². The highest BCUT2D eigenvalue weighted by Gasteiger charge is 2.21. The fraction of sp³-hybridized carbons (Fsp3) is 0.0588. The lowest BCUT2D eigenvalue weighted by molar-refractivity contribution is 0.102. The van der Waals surface area contributed by atoms with Crippen molar-refractivity contribution in [3.8, 4) is 5.75 Å². The standard InChI is InChI=1S/C17H12ClNO5/c18-10-5-6-11-13(7-10)24-17(23)14(15(11)21)16(22)19-12-4-2-1-3-9(12)8-20/h1-7,20-21H,8H2,(H,19,22). The van der Waals surface area contributed by atoms with Gasteiger partial charge in [-0.25, -0.2) is 4.79 Å². The Morgan fingerprint density at radius 3 is 2.71 bits per heavy atom. The fourth-order valence-electron chi connectivity index (χ4n) is 2.32. The summed E-state index contributed by atoms with van der Waals surface area (Å²) >= 11 is 5.82. The van der Waals surface area contributed by atoms with Crippen molar-refractivity contribution < 1.29 is 19.4 Å². The number of amides is 1. The molecule has 1 aromatic heterocycles. The molecule has 1 heterocycles. The summed E-state index contributed by atoms with van der Waals surface area (Å²) in [7, 11) is 0. The molecule has 0 aliphatic heterocycles. The normalized spacial score (nSPS) is 10.8. The van der Waals surface area contributed by atoms with E-state index in [4.69, 9.17) is 16.0 Å². The Bertz CT molecular complexity index is 996. The zero-order valence-electron chi connectivity index (χ0n) is 12.2. The van der Waals surface area contributed by atoms with E-state index < -0.39 is 22.8 Å². The van der Waals surface area contributed by atoms with Crippen molar-refractivity contribution >= 4 is 34.2 Å². The number of anilines is 1. The molecule has 3 N–H and O–H groups in total. The molecule has 0 fully saturated rings. The van der Waals surface area contributed by atoms with Gasteiger partial charge in [0.1, 0.15) is 11.3 Å². The molecular weight excluding hydrogens is 334 g/mol. The highest BCUT2D eigenvalue weighted by Crippen LogP contribution is 2.29. The second-order valence-corrected chi connectivity index (χ2v) is 5.46. The summed E-state index contributed by atoms with van der Waals surface area (Å²) < 4.78 is 5.06. The first kappa shape index (κ1) is 16.0. The molecule has 0 aliphatic carbocycles. The van der Waals surface area contributed by atoms with Crippen LogP contribution in [0.2, 0.25) is 5.02 Å². The van der Waals surface area contributed by atoms with Crippen LogP contribution in [-0.4, -0.2) is 16.1 Å². The third-order valence-corrected chi connectivity index (χ3v) is 3.74. The molecule has 6 nitrogen and oxygen atoms in total. The van der Waals surface area contributed by atoms with Crippen molar-refractivity contribution in [2.75, 3.05) is 5.32 Å². The Balaban J connectivity index is 2.07. The molecule has 122 valence electrons.